The van der Waals surface area contributed by atoms with Crippen LogP contribution in [0.4, 0.5) is 5.69 Å². The maximum Gasteiger partial charge on any atom is 0.271 e. The van der Waals surface area contributed by atoms with Gasteiger partial charge >= 0.3 is 0 Å². The molecule has 2 atom stereocenters. The number of hydrogen-bond donors (Lipinski definition) is 5. The molecule has 1 rings (SSSR count). The molecule has 0 aliphatic heterocycles. The van der Waals surface area contributed by atoms with Gasteiger partial charge in [0, 0.05) is 49.3 Å². The number of nitro benzene ring substituents is 1. The summed E-state index contributed by atoms with van der Waals surface area (Å²) < 4.78 is 0. The second kappa shape index (κ2) is 9.03. The lowest BCUT2D eigenvalue weighted by Crippen LogP contribution is -2.48. The van der Waals surface area contributed by atoms with Crippen LogP contribution in [0, 0.1) is 10.1 Å². The van der Waals surface area contributed by atoms with Crippen LogP contribution >= 0.6 is 0 Å². The number of hydrogen-bond acceptors (Lipinski definition) is 8. The molecule has 0 saturated heterocycles. The van der Waals surface area contributed by atoms with Gasteiger partial charge in [-0.1, -0.05) is 0 Å². The number of primary amides is 1. The molecule has 2 unspecified atom stereocenters. The van der Waals surface area contributed by atoms with Crippen molar-refractivity contribution in [3.63, 3.8) is 0 Å². The van der Waals surface area contributed by atoms with Gasteiger partial charge in [0.2, 0.25) is 5.91 Å². The Morgan fingerprint density at radius 1 is 1.08 bits per heavy atom. The number of aliphatic hydroxyl groups is 4. The molecule has 0 spiro atoms. The molecule has 25 heavy (non-hydrogen) atoms. The molecule has 0 aliphatic carbocycles. The minimum Gasteiger partial charge on any atom is -0.396 e. The zero-order valence-electron chi connectivity index (χ0n) is 13.1. The van der Waals surface area contributed by atoms with Gasteiger partial charge in [-0.25, -0.2) is 0 Å². The third kappa shape index (κ3) is 5.19. The Morgan fingerprint density at radius 2 is 1.56 bits per heavy atom. The fraction of sp³-hybridized carbons (Fsp3) is 0.429. The number of benzene rings is 1. The second-order valence-electron chi connectivity index (χ2n) is 5.09. The normalized spacial score (nSPS) is 13.1. The predicted molar refractivity (Wildman–Crippen MR) is 83.2 cm³/mol. The smallest absolute Gasteiger partial charge is 0.271 e. The van der Waals surface area contributed by atoms with Gasteiger partial charge in [0.15, 0.2) is 0 Å². The van der Waals surface area contributed by atoms with Crippen molar-refractivity contribution in [3.05, 3.63) is 39.4 Å². The fourth-order valence-corrected chi connectivity index (χ4v) is 2.11. The monoisotopic (exact) mass is 357 g/mol. The molecule has 0 bridgehead atoms. The summed E-state index contributed by atoms with van der Waals surface area (Å²) >= 11 is 0. The zero-order chi connectivity index (χ0) is 19.1. The van der Waals surface area contributed by atoms with Gasteiger partial charge in [0.1, 0.15) is 12.5 Å². The minimum absolute atomic E-state index is 0.300. The lowest BCUT2D eigenvalue weighted by molar-refractivity contribution is -0.384. The summed E-state index contributed by atoms with van der Waals surface area (Å²) in [6.45, 7) is -1.00. The van der Waals surface area contributed by atoms with E-state index in [0.29, 0.717) is 4.90 Å². The van der Waals surface area contributed by atoms with E-state index in [0.717, 1.165) is 18.2 Å². The predicted octanol–water partition coefficient (Wildman–Crippen LogP) is -1.46. The molecule has 2 amide bonds. The first-order valence-corrected chi connectivity index (χ1v) is 7.22. The fourth-order valence-electron chi connectivity index (χ4n) is 2.11. The molecule has 1 aromatic carbocycles. The van der Waals surface area contributed by atoms with Gasteiger partial charge in [-0.05, 0) is 6.07 Å². The van der Waals surface area contributed by atoms with E-state index in [-0.39, 0.29) is 24.0 Å². The molecule has 1 aromatic rings. The zero-order valence-corrected chi connectivity index (χ0v) is 13.1. The van der Waals surface area contributed by atoms with Gasteiger partial charge in [-0.2, -0.15) is 0 Å². The second-order valence-corrected chi connectivity index (χ2v) is 5.09. The highest BCUT2D eigenvalue weighted by Gasteiger charge is 2.30. The summed E-state index contributed by atoms with van der Waals surface area (Å²) in [6, 6.07) is 2.73. The van der Waals surface area contributed by atoms with Crippen molar-refractivity contribution in [2.75, 3.05) is 13.2 Å². The molecular weight excluding hydrogens is 338 g/mol. The SMILES string of the molecule is NC(=O)c1cc(C(=O)N(C(O)CCO)C(O)CCO)cc([N+](=O)[O-])c1. The van der Waals surface area contributed by atoms with Crippen LogP contribution < -0.4 is 5.73 Å². The number of carbonyl (C=O) groups excluding carboxylic acids is 2. The molecule has 0 radical (unpaired) electrons. The molecule has 0 heterocycles. The van der Waals surface area contributed by atoms with E-state index in [9.17, 15) is 29.9 Å². The summed E-state index contributed by atoms with van der Waals surface area (Å²) in [6.07, 6.45) is -3.83. The van der Waals surface area contributed by atoms with Crippen LogP contribution in [0.15, 0.2) is 18.2 Å². The summed E-state index contributed by atoms with van der Waals surface area (Å²) in [5.41, 5.74) is 3.85. The van der Waals surface area contributed by atoms with Crippen molar-refractivity contribution in [3.8, 4) is 0 Å². The number of carbonyl (C=O) groups is 2. The Morgan fingerprint density at radius 3 is 1.96 bits per heavy atom. The highest BCUT2D eigenvalue weighted by molar-refractivity contribution is 6.00. The molecule has 11 heteroatoms. The number of nitrogens with two attached hydrogens (primary N) is 1. The van der Waals surface area contributed by atoms with Crippen LogP contribution in [0.1, 0.15) is 33.6 Å². The first kappa shape index (κ1) is 20.4. The highest BCUT2D eigenvalue weighted by Crippen LogP contribution is 2.21. The first-order chi connectivity index (χ1) is 11.7. The van der Waals surface area contributed by atoms with Gasteiger partial charge < -0.3 is 26.2 Å². The quantitative estimate of drug-likeness (QED) is 0.201. The molecule has 0 aromatic heterocycles. The summed E-state index contributed by atoms with van der Waals surface area (Å²) in [7, 11) is 0. The van der Waals surface area contributed by atoms with E-state index < -0.39 is 48.1 Å². The number of nitrogens with zero attached hydrogens (tertiary/aromatic N) is 2. The minimum atomic E-state index is -1.62. The lowest BCUT2D eigenvalue weighted by Gasteiger charge is -2.32. The molecule has 0 fully saturated rings. The van der Waals surface area contributed by atoms with Crippen molar-refractivity contribution in [2.24, 2.45) is 5.73 Å². The van der Waals surface area contributed by atoms with Crippen molar-refractivity contribution < 1.29 is 34.9 Å². The molecule has 138 valence electrons. The van der Waals surface area contributed by atoms with Crippen LogP contribution in [-0.4, -0.2) is 67.7 Å². The maximum atomic E-state index is 12.6. The van der Waals surface area contributed by atoms with Crippen molar-refractivity contribution >= 4 is 17.5 Å². The van der Waals surface area contributed by atoms with Crippen LogP contribution in [0.2, 0.25) is 0 Å². The van der Waals surface area contributed by atoms with Crippen LogP contribution in [0.3, 0.4) is 0 Å². The number of rotatable bonds is 9. The van der Waals surface area contributed by atoms with E-state index in [1.807, 2.05) is 0 Å². The third-order valence-electron chi connectivity index (χ3n) is 3.31. The molecular formula is C14H19N3O8. The summed E-state index contributed by atoms with van der Waals surface area (Å²) in [5.74, 6) is -2.04. The number of aliphatic hydroxyl groups excluding tert-OH is 4. The topological polar surface area (TPSA) is 187 Å². The van der Waals surface area contributed by atoms with Gasteiger partial charge in [-0.3, -0.25) is 24.6 Å². The number of non-ortho nitro benzene ring substituents is 1. The van der Waals surface area contributed by atoms with Crippen molar-refractivity contribution in [2.45, 2.75) is 25.3 Å². The Balaban J connectivity index is 3.35. The molecule has 0 saturated carbocycles. The Labute approximate surface area is 142 Å². The first-order valence-electron chi connectivity index (χ1n) is 7.22. The average Bonchev–Trinajstić information content (AvgIpc) is 2.54. The van der Waals surface area contributed by atoms with E-state index in [1.165, 1.54) is 0 Å². The van der Waals surface area contributed by atoms with Crippen LogP contribution in [0.25, 0.3) is 0 Å². The number of nitro groups is 1. The average molecular weight is 357 g/mol. The standard InChI is InChI=1S/C14H19N3O8/c15-13(22)8-5-9(7-10(6-8)17(24)25)14(23)16(11(20)1-3-18)12(21)2-4-19/h5-7,11-12,18-21H,1-4H2,(H2,15,22). The Hall–Kier alpha value is -2.60. The van der Waals surface area contributed by atoms with E-state index in [4.69, 9.17) is 15.9 Å². The molecule has 0 aliphatic rings. The van der Waals surface area contributed by atoms with Gasteiger partial charge in [0.25, 0.3) is 11.6 Å². The number of amides is 2. The van der Waals surface area contributed by atoms with Crippen LogP contribution in [-0.2, 0) is 0 Å². The lowest BCUT2D eigenvalue weighted by atomic mass is 10.1. The molecule has 6 N–H and O–H groups in total. The van der Waals surface area contributed by atoms with Gasteiger partial charge in [0.05, 0.1) is 4.92 Å². The highest BCUT2D eigenvalue weighted by atomic mass is 16.6. The van der Waals surface area contributed by atoms with E-state index in [1.54, 1.807) is 0 Å². The van der Waals surface area contributed by atoms with E-state index >= 15 is 0 Å². The molecule has 11 nitrogen and oxygen atoms in total. The summed E-state index contributed by atoms with van der Waals surface area (Å²) in [5, 5.41) is 48.7. The van der Waals surface area contributed by atoms with Crippen molar-refractivity contribution in [1.29, 1.82) is 0 Å². The van der Waals surface area contributed by atoms with Gasteiger partial charge in [-0.15, -0.1) is 0 Å². The van der Waals surface area contributed by atoms with Crippen LogP contribution in [0.5, 0.6) is 0 Å². The van der Waals surface area contributed by atoms with E-state index in [2.05, 4.69) is 0 Å². The third-order valence-corrected chi connectivity index (χ3v) is 3.31. The largest absolute Gasteiger partial charge is 0.396 e. The maximum absolute atomic E-state index is 12.6. The van der Waals surface area contributed by atoms with Crippen molar-refractivity contribution in [1.82, 2.24) is 4.90 Å². The Kier molecular flexibility index (Phi) is 7.39. The Bertz CT molecular complexity index is 607. The summed E-state index contributed by atoms with van der Waals surface area (Å²) in [4.78, 5) is 34.6.